The Bertz CT molecular complexity index is 1360. The first-order valence-corrected chi connectivity index (χ1v) is 12.5. The molecule has 1 fully saturated rings. The smallest absolute Gasteiger partial charge is 0.410 e. The van der Waals surface area contributed by atoms with Crippen LogP contribution in [-0.4, -0.2) is 49.6 Å². The zero-order valence-corrected chi connectivity index (χ0v) is 22.0. The zero-order valence-electron chi connectivity index (χ0n) is 22.0. The summed E-state index contributed by atoms with van der Waals surface area (Å²) < 4.78 is 6.70. The number of anilines is 1. The standard InChI is InChI=1S/C27H33N7O4/c1-5-16-12-13-30-20(15-16)31-25(36)18-10-8-17(9-11-18)21-22(23(28)35)34(29)24(32-21)19-7-6-14-33(19)26(37)38-27(2,3)4/h8-13,15,19H,5-7,14,29H2,1-4H3,(H2,28,35)(H,30,31,36). The highest BCUT2D eigenvalue weighted by Crippen LogP contribution is 2.35. The van der Waals surface area contributed by atoms with Crippen LogP contribution in [-0.2, 0) is 11.2 Å². The summed E-state index contributed by atoms with van der Waals surface area (Å²) in [6.07, 6.45) is 3.35. The molecule has 4 rings (SSSR count). The average Bonchev–Trinajstić information content (AvgIpc) is 3.47. The topological polar surface area (TPSA) is 158 Å². The first-order chi connectivity index (χ1) is 18.0. The number of amides is 3. The van der Waals surface area contributed by atoms with E-state index in [0.717, 1.165) is 23.1 Å². The second-order valence-electron chi connectivity index (χ2n) is 10.2. The Morgan fingerprint density at radius 3 is 2.50 bits per heavy atom. The van der Waals surface area contributed by atoms with Gasteiger partial charge in [0, 0.05) is 23.9 Å². The van der Waals surface area contributed by atoms with Gasteiger partial charge in [-0.05, 0) is 69.9 Å². The van der Waals surface area contributed by atoms with Crippen molar-refractivity contribution in [2.75, 3.05) is 17.7 Å². The molecule has 0 aliphatic carbocycles. The number of nitrogens with two attached hydrogens (primary N) is 2. The lowest BCUT2D eigenvalue weighted by atomic mass is 10.1. The fourth-order valence-corrected chi connectivity index (χ4v) is 4.43. The molecule has 1 atom stereocenters. The van der Waals surface area contributed by atoms with E-state index in [-0.39, 0.29) is 17.3 Å². The van der Waals surface area contributed by atoms with Gasteiger partial charge >= 0.3 is 6.09 Å². The lowest BCUT2D eigenvalue weighted by Crippen LogP contribution is -2.38. The molecule has 0 spiro atoms. The minimum Gasteiger partial charge on any atom is -0.444 e. The molecule has 3 heterocycles. The highest BCUT2D eigenvalue weighted by Gasteiger charge is 2.37. The van der Waals surface area contributed by atoms with Crippen molar-refractivity contribution in [3.05, 3.63) is 65.2 Å². The van der Waals surface area contributed by atoms with Crippen molar-refractivity contribution in [1.29, 1.82) is 0 Å². The number of aromatic nitrogens is 3. The number of nitrogens with one attached hydrogen (secondary N) is 1. The van der Waals surface area contributed by atoms with E-state index in [1.807, 2.05) is 19.1 Å². The number of nitrogen functional groups attached to an aromatic ring is 1. The molecule has 11 nitrogen and oxygen atoms in total. The highest BCUT2D eigenvalue weighted by molar-refractivity contribution is 6.04. The van der Waals surface area contributed by atoms with Crippen molar-refractivity contribution < 1.29 is 19.1 Å². The SMILES string of the molecule is CCc1ccnc(NC(=O)c2ccc(-c3nc(C4CCCN4C(=O)OC(C)(C)C)n(N)c3C(N)=O)cc2)c1. The summed E-state index contributed by atoms with van der Waals surface area (Å²) in [6, 6.07) is 9.83. The normalized spacial score (nSPS) is 15.4. The van der Waals surface area contributed by atoms with Gasteiger partial charge in [-0.25, -0.2) is 19.4 Å². The van der Waals surface area contributed by atoms with E-state index in [4.69, 9.17) is 16.3 Å². The lowest BCUT2D eigenvalue weighted by molar-refractivity contribution is 0.0217. The van der Waals surface area contributed by atoms with Gasteiger partial charge in [0.1, 0.15) is 17.1 Å². The Morgan fingerprint density at radius 2 is 1.87 bits per heavy atom. The van der Waals surface area contributed by atoms with E-state index < -0.39 is 23.6 Å². The number of ether oxygens (including phenoxy) is 1. The Labute approximate surface area is 221 Å². The number of likely N-dealkylation sites (tertiary alicyclic amines) is 1. The van der Waals surface area contributed by atoms with Crippen LogP contribution in [0.15, 0.2) is 42.6 Å². The van der Waals surface area contributed by atoms with Gasteiger partial charge in [0.25, 0.3) is 11.8 Å². The molecule has 1 aliphatic rings. The third-order valence-corrected chi connectivity index (χ3v) is 6.25. The number of primary amides is 1. The molecule has 0 saturated carbocycles. The molecule has 5 N–H and O–H groups in total. The van der Waals surface area contributed by atoms with Crippen molar-refractivity contribution in [2.45, 2.75) is 58.6 Å². The van der Waals surface area contributed by atoms with Crippen molar-refractivity contribution in [3.8, 4) is 11.3 Å². The Kier molecular flexibility index (Phi) is 7.38. The van der Waals surface area contributed by atoms with Crippen LogP contribution in [0.1, 0.15) is 78.8 Å². The molecule has 1 unspecified atom stereocenters. The Morgan fingerprint density at radius 1 is 1.16 bits per heavy atom. The maximum absolute atomic E-state index is 12.8. The fraction of sp³-hybridized carbons (Fsp3) is 0.370. The van der Waals surface area contributed by atoms with Crippen LogP contribution < -0.4 is 16.9 Å². The van der Waals surface area contributed by atoms with Gasteiger partial charge in [0.15, 0.2) is 11.5 Å². The third-order valence-electron chi connectivity index (χ3n) is 6.25. The van der Waals surface area contributed by atoms with E-state index in [9.17, 15) is 14.4 Å². The highest BCUT2D eigenvalue weighted by atomic mass is 16.6. The molecule has 1 aromatic carbocycles. The molecule has 1 aliphatic heterocycles. The van der Waals surface area contributed by atoms with E-state index in [0.29, 0.717) is 35.7 Å². The number of rotatable bonds is 6. The van der Waals surface area contributed by atoms with Crippen molar-refractivity contribution in [1.82, 2.24) is 19.5 Å². The van der Waals surface area contributed by atoms with Gasteiger partial charge in [-0.1, -0.05) is 19.1 Å². The van der Waals surface area contributed by atoms with Gasteiger partial charge in [-0.15, -0.1) is 0 Å². The van der Waals surface area contributed by atoms with Crippen LogP contribution >= 0.6 is 0 Å². The quantitative estimate of drug-likeness (QED) is 0.419. The maximum Gasteiger partial charge on any atom is 0.410 e. The van der Waals surface area contributed by atoms with Gasteiger partial charge in [0.2, 0.25) is 0 Å². The van der Waals surface area contributed by atoms with Crippen molar-refractivity contribution in [3.63, 3.8) is 0 Å². The number of nitrogens with zero attached hydrogens (tertiary/aromatic N) is 4. The third kappa shape index (κ3) is 5.61. The van der Waals surface area contributed by atoms with Crippen molar-refractivity contribution >= 4 is 23.7 Å². The van der Waals surface area contributed by atoms with Gasteiger partial charge in [0.05, 0.1) is 6.04 Å². The summed E-state index contributed by atoms with van der Waals surface area (Å²) >= 11 is 0. The number of hydrogen-bond donors (Lipinski definition) is 3. The van der Waals surface area contributed by atoms with Crippen LogP contribution in [0.3, 0.4) is 0 Å². The monoisotopic (exact) mass is 519 g/mol. The molecule has 0 radical (unpaired) electrons. The molecule has 3 amide bonds. The van der Waals surface area contributed by atoms with Gasteiger partial charge in [-0.2, -0.15) is 0 Å². The summed E-state index contributed by atoms with van der Waals surface area (Å²) in [5.74, 6) is 6.02. The van der Waals surface area contributed by atoms with Crippen LogP contribution in [0.5, 0.6) is 0 Å². The molecule has 1 saturated heterocycles. The number of imidazole rings is 1. The summed E-state index contributed by atoms with van der Waals surface area (Å²) in [6.45, 7) is 7.90. The maximum atomic E-state index is 12.8. The summed E-state index contributed by atoms with van der Waals surface area (Å²) in [7, 11) is 0. The zero-order chi connectivity index (χ0) is 27.6. The fourth-order valence-electron chi connectivity index (χ4n) is 4.43. The van der Waals surface area contributed by atoms with Gasteiger partial charge in [-0.3, -0.25) is 14.5 Å². The molecule has 3 aromatic rings. The Hall–Kier alpha value is -4.41. The summed E-state index contributed by atoms with van der Waals surface area (Å²) in [5, 5.41) is 2.79. The predicted octanol–water partition coefficient (Wildman–Crippen LogP) is 3.64. The summed E-state index contributed by atoms with van der Waals surface area (Å²) in [5.41, 5.74) is 7.31. The predicted molar refractivity (Wildman–Crippen MR) is 143 cm³/mol. The van der Waals surface area contributed by atoms with E-state index in [2.05, 4.69) is 15.3 Å². The number of pyridine rings is 1. The average molecular weight is 520 g/mol. The molecule has 2 aromatic heterocycles. The number of benzene rings is 1. The minimum absolute atomic E-state index is 0.00817. The number of carbonyl (C=O) groups is 3. The molecular formula is C27H33N7O4. The molecule has 38 heavy (non-hydrogen) atoms. The van der Waals surface area contributed by atoms with Crippen LogP contribution in [0.4, 0.5) is 10.6 Å². The molecule has 200 valence electrons. The summed E-state index contributed by atoms with van der Waals surface area (Å²) in [4.78, 5) is 48.4. The number of aryl methyl sites for hydroxylation is 1. The number of carbonyl (C=O) groups excluding carboxylic acids is 3. The van der Waals surface area contributed by atoms with Crippen molar-refractivity contribution in [2.24, 2.45) is 5.73 Å². The first-order valence-electron chi connectivity index (χ1n) is 12.5. The molecular weight excluding hydrogens is 486 g/mol. The second kappa shape index (κ2) is 10.5. The van der Waals surface area contributed by atoms with Crippen LogP contribution in [0.2, 0.25) is 0 Å². The van der Waals surface area contributed by atoms with E-state index in [1.165, 1.54) is 0 Å². The molecule has 0 bridgehead atoms. The van der Waals surface area contributed by atoms with Crippen LogP contribution in [0.25, 0.3) is 11.3 Å². The molecule has 11 heteroatoms. The number of hydrogen-bond acceptors (Lipinski definition) is 7. The first kappa shape index (κ1) is 26.6. The van der Waals surface area contributed by atoms with E-state index in [1.54, 1.807) is 56.1 Å². The van der Waals surface area contributed by atoms with Crippen LogP contribution in [0, 0.1) is 0 Å². The van der Waals surface area contributed by atoms with E-state index >= 15 is 0 Å². The minimum atomic E-state index is -0.758. The van der Waals surface area contributed by atoms with Gasteiger partial charge < -0.3 is 21.6 Å². The second-order valence-corrected chi connectivity index (χ2v) is 10.2. The Balaban J connectivity index is 1.61. The lowest BCUT2D eigenvalue weighted by Gasteiger charge is -2.28. The largest absolute Gasteiger partial charge is 0.444 e.